The SMILES string of the molecule is CCCC[C@H](NC(=O)[C@H](CC(C)C)NC(=O)[C@@H](NC(=O)[C@H](Cc1ccccc1C)NC(=O)[C@H](CCC(=O)O)NC(=O)[C@H](CC(=O)O)NC(=O)COCCOCCOC)C(C)(C)C)C(=O)C(N)=O. The first-order valence-electron chi connectivity index (χ1n) is 22.2. The van der Waals surface area contributed by atoms with Gasteiger partial charge >= 0.3 is 11.9 Å². The van der Waals surface area contributed by atoms with Crippen molar-refractivity contribution in [2.75, 3.05) is 40.1 Å². The standard InChI is InChI=1S/C45H71N7O15/c1-9-10-15-29(37(58)39(46)59)48-41(61)31(22-26(2)3)51-44(64)38(45(5,6)7)52-43(63)32(23-28-14-12-11-13-27(28)4)50-40(60)30(16-17-35(54)55)49-42(62)33(24-36(56)57)47-34(53)25-67-21-20-66-19-18-65-8/h11-14,26,29-33,38H,9-10,15-25H2,1-8H3,(H2,46,59)(H,47,53)(H,48,61)(H,49,62)(H,50,60)(H,51,64)(H,52,63)(H,54,55)(H,56,57)/t29-,30-,31-,32-,33-,38+/m0/s1. The number of nitrogens with two attached hydrogens (primary N) is 1. The molecule has 22 nitrogen and oxygen atoms in total. The van der Waals surface area contributed by atoms with Crippen LogP contribution in [0.1, 0.15) is 97.6 Å². The second kappa shape index (κ2) is 30.3. The molecule has 0 radical (unpaired) electrons. The molecule has 0 fully saturated rings. The Labute approximate surface area is 391 Å². The van der Waals surface area contributed by atoms with Crippen molar-refractivity contribution in [3.63, 3.8) is 0 Å². The molecular weight excluding hydrogens is 879 g/mol. The first-order chi connectivity index (χ1) is 31.4. The molecule has 0 saturated carbocycles. The third-order valence-corrected chi connectivity index (χ3v) is 10.1. The van der Waals surface area contributed by atoms with Crippen molar-refractivity contribution >= 4 is 59.1 Å². The van der Waals surface area contributed by atoms with Crippen LogP contribution in [0.5, 0.6) is 0 Å². The molecule has 7 amide bonds. The Morgan fingerprint density at radius 2 is 1.22 bits per heavy atom. The number of unbranched alkanes of at least 4 members (excludes halogenated alkanes) is 1. The number of aryl methyl sites for hydroxylation is 1. The van der Waals surface area contributed by atoms with Crippen molar-refractivity contribution in [1.82, 2.24) is 31.9 Å². The number of aliphatic carboxylic acids is 2. The summed E-state index contributed by atoms with van der Waals surface area (Å²) in [6, 6.07) is -1.81. The van der Waals surface area contributed by atoms with Crippen molar-refractivity contribution in [3.8, 4) is 0 Å². The number of carbonyl (C=O) groups is 10. The van der Waals surface area contributed by atoms with Crippen molar-refractivity contribution < 1.29 is 72.4 Å². The highest BCUT2D eigenvalue weighted by Crippen LogP contribution is 2.21. The van der Waals surface area contributed by atoms with Crippen LogP contribution >= 0.6 is 0 Å². The largest absolute Gasteiger partial charge is 0.481 e. The number of hydrogen-bond donors (Lipinski definition) is 9. The maximum absolute atomic E-state index is 14.4. The molecule has 6 atom stereocenters. The number of Topliss-reactive ketones (excluding diaryl/α,β-unsaturated/α-hetero) is 1. The predicted octanol–water partition coefficient (Wildman–Crippen LogP) is -0.198. The van der Waals surface area contributed by atoms with Crippen LogP contribution in [0.25, 0.3) is 0 Å². The highest BCUT2D eigenvalue weighted by Gasteiger charge is 2.39. The molecule has 67 heavy (non-hydrogen) atoms. The zero-order chi connectivity index (χ0) is 50.9. The lowest BCUT2D eigenvalue weighted by Crippen LogP contribution is -2.62. The van der Waals surface area contributed by atoms with E-state index in [1.807, 2.05) is 6.92 Å². The van der Waals surface area contributed by atoms with Crippen LogP contribution in [0.3, 0.4) is 0 Å². The summed E-state index contributed by atoms with van der Waals surface area (Å²) in [5.41, 5.74) is 5.52. The van der Waals surface area contributed by atoms with E-state index in [1.165, 1.54) is 7.11 Å². The Bertz CT molecular complexity index is 1850. The summed E-state index contributed by atoms with van der Waals surface area (Å²) in [5.74, 6) is -10.7. The van der Waals surface area contributed by atoms with Crippen LogP contribution in [0.4, 0.5) is 0 Å². The molecule has 0 aromatic heterocycles. The molecule has 1 aromatic carbocycles. The minimum atomic E-state index is -1.74. The summed E-state index contributed by atoms with van der Waals surface area (Å²) in [6.45, 7) is 12.3. The summed E-state index contributed by atoms with van der Waals surface area (Å²) in [4.78, 5) is 130. The molecule has 0 aliphatic carbocycles. The number of carbonyl (C=O) groups excluding carboxylic acids is 8. The fourth-order valence-corrected chi connectivity index (χ4v) is 6.49. The molecule has 22 heteroatoms. The van der Waals surface area contributed by atoms with E-state index >= 15 is 0 Å². The van der Waals surface area contributed by atoms with Crippen LogP contribution in [-0.2, 0) is 68.6 Å². The van der Waals surface area contributed by atoms with Crippen molar-refractivity contribution in [2.24, 2.45) is 17.1 Å². The molecule has 1 rings (SSSR count). The lowest BCUT2D eigenvalue weighted by Gasteiger charge is -2.34. The molecule has 0 aliphatic heterocycles. The number of nitrogens with one attached hydrogen (secondary N) is 6. The minimum Gasteiger partial charge on any atom is -0.481 e. The Hall–Kier alpha value is -6.00. The number of hydrogen-bond acceptors (Lipinski definition) is 13. The molecular formula is C45H71N7O15. The summed E-state index contributed by atoms with van der Waals surface area (Å²) in [6.07, 6.45) is -0.907. The van der Waals surface area contributed by atoms with Gasteiger partial charge in [0.1, 0.15) is 36.8 Å². The smallest absolute Gasteiger partial charge is 0.305 e. The van der Waals surface area contributed by atoms with Crippen molar-refractivity contribution in [1.29, 1.82) is 0 Å². The number of primary amides is 1. The van der Waals surface area contributed by atoms with Crippen LogP contribution in [0.2, 0.25) is 0 Å². The maximum atomic E-state index is 14.4. The predicted molar refractivity (Wildman–Crippen MR) is 242 cm³/mol. The van der Waals surface area contributed by atoms with Gasteiger partial charge in [0.2, 0.25) is 41.2 Å². The third kappa shape index (κ3) is 23.3. The average Bonchev–Trinajstić information content (AvgIpc) is 3.23. The first-order valence-corrected chi connectivity index (χ1v) is 22.2. The first kappa shape index (κ1) is 59.0. The number of carboxylic acids is 2. The average molecular weight is 950 g/mol. The van der Waals surface area contributed by atoms with E-state index < -0.39 is 127 Å². The Morgan fingerprint density at radius 3 is 1.79 bits per heavy atom. The molecule has 10 N–H and O–H groups in total. The molecule has 1 aromatic rings. The minimum absolute atomic E-state index is 0.0129. The van der Waals surface area contributed by atoms with Gasteiger partial charge in [-0.3, -0.25) is 47.9 Å². The maximum Gasteiger partial charge on any atom is 0.305 e. The number of methoxy groups -OCH3 is 1. The topological polar surface area (TPSA) is 337 Å². The number of rotatable bonds is 33. The van der Waals surface area contributed by atoms with Gasteiger partial charge in [0.15, 0.2) is 0 Å². The zero-order valence-electron chi connectivity index (χ0n) is 39.8. The number of benzene rings is 1. The van der Waals surface area contributed by atoms with Crippen molar-refractivity contribution in [2.45, 2.75) is 136 Å². The highest BCUT2D eigenvalue weighted by molar-refractivity contribution is 6.37. The summed E-state index contributed by atoms with van der Waals surface area (Å²) in [7, 11) is 1.50. The van der Waals surface area contributed by atoms with Crippen molar-refractivity contribution in [3.05, 3.63) is 35.4 Å². The third-order valence-electron chi connectivity index (χ3n) is 10.1. The normalized spacial score (nSPS) is 14.0. The zero-order valence-corrected chi connectivity index (χ0v) is 39.8. The number of carboxylic acid groups (broad SMARTS) is 2. The van der Waals surface area contributed by atoms with E-state index in [2.05, 4.69) is 31.9 Å². The molecule has 0 heterocycles. The Balaban J connectivity index is 3.50. The lowest BCUT2D eigenvalue weighted by molar-refractivity contribution is -0.141. The molecule has 376 valence electrons. The summed E-state index contributed by atoms with van der Waals surface area (Å²) in [5, 5.41) is 34.1. The highest BCUT2D eigenvalue weighted by atomic mass is 16.5. The monoisotopic (exact) mass is 950 g/mol. The lowest BCUT2D eigenvalue weighted by atomic mass is 9.85. The van der Waals surface area contributed by atoms with Gasteiger partial charge in [0.25, 0.3) is 5.91 Å². The molecule has 0 spiro atoms. The van der Waals surface area contributed by atoms with Gasteiger partial charge in [-0.15, -0.1) is 0 Å². The molecule has 0 unspecified atom stereocenters. The molecule has 0 saturated heterocycles. The van der Waals surface area contributed by atoms with Gasteiger partial charge in [0, 0.05) is 20.0 Å². The van der Waals surface area contributed by atoms with Crippen LogP contribution < -0.4 is 37.6 Å². The quantitative estimate of drug-likeness (QED) is 0.0326. The fourth-order valence-electron chi connectivity index (χ4n) is 6.49. The van der Waals surface area contributed by atoms with E-state index in [0.717, 1.165) is 5.56 Å². The van der Waals surface area contributed by atoms with Crippen LogP contribution in [0.15, 0.2) is 24.3 Å². The Kier molecular flexibility index (Phi) is 26.7. The number of ketones is 1. The van der Waals surface area contributed by atoms with Gasteiger partial charge < -0.3 is 62.1 Å². The van der Waals surface area contributed by atoms with Gasteiger partial charge in [0.05, 0.1) is 38.9 Å². The second-order valence-corrected chi connectivity index (χ2v) is 17.5. The van der Waals surface area contributed by atoms with E-state index in [0.29, 0.717) is 25.0 Å². The Morgan fingerprint density at radius 1 is 0.672 bits per heavy atom. The van der Waals surface area contributed by atoms with E-state index in [-0.39, 0.29) is 45.0 Å². The van der Waals surface area contributed by atoms with Gasteiger partial charge in [-0.25, -0.2) is 0 Å². The molecule has 0 bridgehead atoms. The van der Waals surface area contributed by atoms with E-state index in [1.54, 1.807) is 65.8 Å². The summed E-state index contributed by atoms with van der Waals surface area (Å²) >= 11 is 0. The summed E-state index contributed by atoms with van der Waals surface area (Å²) < 4.78 is 15.3. The van der Waals surface area contributed by atoms with E-state index in [4.69, 9.17) is 19.9 Å². The van der Waals surface area contributed by atoms with E-state index in [9.17, 15) is 58.2 Å². The fraction of sp³-hybridized carbons (Fsp3) is 0.644. The van der Waals surface area contributed by atoms with Crippen LogP contribution in [0, 0.1) is 18.3 Å². The van der Waals surface area contributed by atoms with Crippen LogP contribution in [-0.4, -0.2) is 146 Å². The second-order valence-electron chi connectivity index (χ2n) is 17.5. The number of ether oxygens (including phenoxy) is 3. The van der Waals surface area contributed by atoms with Gasteiger partial charge in [-0.1, -0.05) is 78.6 Å². The van der Waals surface area contributed by atoms with Gasteiger partial charge in [-0.2, -0.15) is 0 Å². The molecule has 0 aliphatic rings. The van der Waals surface area contributed by atoms with Gasteiger partial charge in [-0.05, 0) is 48.6 Å². The number of amides is 7.